The molecule has 0 unspecified atom stereocenters. The number of aliphatic hydroxyl groups excluding tert-OH is 1. The molecule has 0 aliphatic carbocycles. The number of aliphatic hydroxyl groups is 1. The first-order valence-corrected chi connectivity index (χ1v) is 9.32. The molecular formula is C21H29NO3. The van der Waals surface area contributed by atoms with Gasteiger partial charge in [0.15, 0.2) is 0 Å². The Kier molecular flexibility index (Phi) is 6.16. The zero-order chi connectivity index (χ0) is 17.5. The summed E-state index contributed by atoms with van der Waals surface area (Å²) < 4.78 is 11.7. The van der Waals surface area contributed by atoms with E-state index < -0.39 is 0 Å². The first-order valence-electron chi connectivity index (χ1n) is 9.32. The lowest BCUT2D eigenvalue weighted by atomic mass is 9.76. The first kappa shape index (κ1) is 18.0. The lowest BCUT2D eigenvalue weighted by Crippen LogP contribution is -2.42. The quantitative estimate of drug-likeness (QED) is 0.790. The Balaban J connectivity index is 1.46. The van der Waals surface area contributed by atoms with Crippen molar-refractivity contribution in [2.75, 3.05) is 26.3 Å². The van der Waals surface area contributed by atoms with E-state index in [4.69, 9.17) is 9.15 Å². The number of para-hydroxylation sites is 1. The molecule has 0 amide bonds. The number of nitrogens with zero attached hydrogens (tertiary/aromatic N) is 1. The van der Waals surface area contributed by atoms with Crippen LogP contribution in [-0.4, -0.2) is 36.3 Å². The van der Waals surface area contributed by atoms with E-state index in [9.17, 15) is 5.11 Å². The molecule has 0 atom stereocenters. The second-order valence-corrected chi connectivity index (χ2v) is 7.07. The topological polar surface area (TPSA) is 45.8 Å². The molecule has 1 fully saturated rings. The summed E-state index contributed by atoms with van der Waals surface area (Å²) in [7, 11) is 0. The van der Waals surface area contributed by atoms with Crippen molar-refractivity contribution in [2.24, 2.45) is 5.41 Å². The summed E-state index contributed by atoms with van der Waals surface area (Å²) in [5.41, 5.74) is -0.0109. The average molecular weight is 343 g/mol. The summed E-state index contributed by atoms with van der Waals surface area (Å²) >= 11 is 0. The van der Waals surface area contributed by atoms with Gasteiger partial charge in [0.05, 0.1) is 13.2 Å². The Labute approximate surface area is 150 Å². The van der Waals surface area contributed by atoms with Crippen LogP contribution < -0.4 is 4.74 Å². The van der Waals surface area contributed by atoms with Crippen molar-refractivity contribution in [1.82, 2.24) is 4.90 Å². The molecule has 1 saturated heterocycles. The van der Waals surface area contributed by atoms with Crippen LogP contribution in [0.5, 0.6) is 5.75 Å². The molecule has 1 aromatic carbocycles. The lowest BCUT2D eigenvalue weighted by molar-refractivity contribution is 0.0224. The van der Waals surface area contributed by atoms with E-state index in [2.05, 4.69) is 24.0 Å². The largest absolute Gasteiger partial charge is 0.494 e. The van der Waals surface area contributed by atoms with Gasteiger partial charge in [-0.1, -0.05) is 25.1 Å². The number of furan rings is 1. The minimum Gasteiger partial charge on any atom is -0.494 e. The molecule has 4 heteroatoms. The third-order valence-corrected chi connectivity index (χ3v) is 5.34. The Bertz CT molecular complexity index is 630. The summed E-state index contributed by atoms with van der Waals surface area (Å²) in [5, 5.41) is 9.96. The summed E-state index contributed by atoms with van der Waals surface area (Å²) in [6, 6.07) is 14.0. The molecule has 3 rings (SSSR count). The van der Waals surface area contributed by atoms with Gasteiger partial charge in [0, 0.05) is 13.0 Å². The van der Waals surface area contributed by atoms with Gasteiger partial charge in [-0.15, -0.1) is 0 Å². The van der Waals surface area contributed by atoms with E-state index in [-0.39, 0.29) is 12.0 Å². The van der Waals surface area contributed by atoms with Gasteiger partial charge in [-0.3, -0.25) is 4.90 Å². The van der Waals surface area contributed by atoms with Gasteiger partial charge in [0.1, 0.15) is 17.3 Å². The molecule has 0 spiro atoms. The van der Waals surface area contributed by atoms with Crippen LogP contribution in [0.4, 0.5) is 0 Å². The van der Waals surface area contributed by atoms with Crippen molar-refractivity contribution in [1.29, 1.82) is 0 Å². The summed E-state index contributed by atoms with van der Waals surface area (Å²) in [6.07, 6.45) is 3.84. The van der Waals surface area contributed by atoms with E-state index >= 15 is 0 Å². The molecule has 0 bridgehead atoms. The van der Waals surface area contributed by atoms with Gasteiger partial charge < -0.3 is 14.3 Å². The van der Waals surface area contributed by atoms with Crippen LogP contribution in [0.3, 0.4) is 0 Å². The minimum atomic E-state index is -0.0109. The Morgan fingerprint density at radius 3 is 2.44 bits per heavy atom. The van der Waals surface area contributed by atoms with Gasteiger partial charge in [0.2, 0.25) is 0 Å². The fourth-order valence-corrected chi connectivity index (χ4v) is 3.49. The number of hydrogen-bond donors (Lipinski definition) is 1. The van der Waals surface area contributed by atoms with Crippen LogP contribution in [0.1, 0.15) is 37.7 Å². The van der Waals surface area contributed by atoms with Crippen LogP contribution in [-0.2, 0) is 13.0 Å². The van der Waals surface area contributed by atoms with E-state index in [1.54, 1.807) is 0 Å². The zero-order valence-electron chi connectivity index (χ0n) is 15.1. The fraction of sp³-hybridized carbons (Fsp3) is 0.524. The van der Waals surface area contributed by atoms with Gasteiger partial charge in [-0.25, -0.2) is 0 Å². The number of aryl methyl sites for hydroxylation is 1. The van der Waals surface area contributed by atoms with Gasteiger partial charge >= 0.3 is 0 Å². The molecule has 1 aromatic heterocycles. The third kappa shape index (κ3) is 4.86. The number of benzene rings is 1. The van der Waals surface area contributed by atoms with Crippen molar-refractivity contribution in [3.63, 3.8) is 0 Å². The molecule has 0 radical (unpaired) electrons. The van der Waals surface area contributed by atoms with Crippen LogP contribution in [0.25, 0.3) is 0 Å². The van der Waals surface area contributed by atoms with Crippen LogP contribution in [0, 0.1) is 5.41 Å². The summed E-state index contributed by atoms with van der Waals surface area (Å²) in [6.45, 7) is 5.85. The number of piperidine rings is 1. The Hall–Kier alpha value is -1.78. The summed E-state index contributed by atoms with van der Waals surface area (Å²) in [5.74, 6) is 2.99. The molecule has 1 N–H and O–H groups in total. The maximum atomic E-state index is 9.96. The maximum absolute atomic E-state index is 9.96. The highest BCUT2D eigenvalue weighted by Crippen LogP contribution is 2.35. The molecule has 2 aromatic rings. The predicted molar refractivity (Wildman–Crippen MR) is 98.7 cm³/mol. The van der Waals surface area contributed by atoms with Gasteiger partial charge in [0.25, 0.3) is 0 Å². The lowest BCUT2D eigenvalue weighted by Gasteiger charge is -2.40. The molecule has 0 saturated carbocycles. The van der Waals surface area contributed by atoms with Crippen molar-refractivity contribution in [2.45, 2.75) is 39.2 Å². The van der Waals surface area contributed by atoms with Crippen LogP contribution in [0.2, 0.25) is 0 Å². The van der Waals surface area contributed by atoms with Crippen LogP contribution in [0.15, 0.2) is 46.9 Å². The fourth-order valence-electron chi connectivity index (χ4n) is 3.49. The van der Waals surface area contributed by atoms with Crippen molar-refractivity contribution in [3.05, 3.63) is 54.0 Å². The van der Waals surface area contributed by atoms with Crippen molar-refractivity contribution < 1.29 is 14.3 Å². The normalized spacial score (nSPS) is 17.5. The Morgan fingerprint density at radius 2 is 1.80 bits per heavy atom. The molecule has 136 valence electrons. The number of rotatable bonds is 8. The van der Waals surface area contributed by atoms with E-state index in [1.165, 1.54) is 0 Å². The zero-order valence-corrected chi connectivity index (χ0v) is 15.1. The van der Waals surface area contributed by atoms with E-state index in [0.29, 0.717) is 6.61 Å². The molecule has 25 heavy (non-hydrogen) atoms. The van der Waals surface area contributed by atoms with Gasteiger partial charge in [-0.05, 0) is 62.0 Å². The number of hydrogen-bond acceptors (Lipinski definition) is 4. The highest BCUT2D eigenvalue weighted by molar-refractivity contribution is 5.20. The van der Waals surface area contributed by atoms with E-state index in [1.807, 2.05) is 30.3 Å². The standard InChI is InChI=1S/C21H29NO3/c1-2-18-8-9-20(25-18)16-22-13-10-21(17-23,11-14-22)12-15-24-19-6-4-3-5-7-19/h3-9,23H,2,10-17H2,1H3. The Morgan fingerprint density at radius 1 is 1.08 bits per heavy atom. The highest BCUT2D eigenvalue weighted by Gasteiger charge is 2.34. The SMILES string of the molecule is CCc1ccc(CN2CCC(CO)(CCOc3ccccc3)CC2)o1. The second-order valence-electron chi connectivity index (χ2n) is 7.07. The molecular weight excluding hydrogens is 314 g/mol. The van der Waals surface area contributed by atoms with E-state index in [0.717, 1.165) is 62.6 Å². The molecule has 4 nitrogen and oxygen atoms in total. The highest BCUT2D eigenvalue weighted by atomic mass is 16.5. The smallest absolute Gasteiger partial charge is 0.119 e. The second kappa shape index (κ2) is 8.54. The van der Waals surface area contributed by atoms with Gasteiger partial charge in [-0.2, -0.15) is 0 Å². The van der Waals surface area contributed by atoms with Crippen molar-refractivity contribution in [3.8, 4) is 5.75 Å². The minimum absolute atomic E-state index is 0.0109. The maximum Gasteiger partial charge on any atom is 0.119 e. The predicted octanol–water partition coefficient (Wildman–Crippen LogP) is 3.89. The first-order chi connectivity index (χ1) is 12.2. The number of likely N-dealkylation sites (tertiary alicyclic amines) is 1. The average Bonchev–Trinajstić information content (AvgIpc) is 3.12. The molecule has 1 aliphatic rings. The third-order valence-electron chi connectivity index (χ3n) is 5.34. The number of ether oxygens (including phenoxy) is 1. The monoisotopic (exact) mass is 343 g/mol. The van der Waals surface area contributed by atoms with Crippen molar-refractivity contribution >= 4 is 0 Å². The van der Waals surface area contributed by atoms with Crippen LogP contribution >= 0.6 is 0 Å². The molecule has 1 aliphatic heterocycles. The molecule has 2 heterocycles. The summed E-state index contributed by atoms with van der Waals surface area (Å²) in [4.78, 5) is 2.42.